The maximum absolute atomic E-state index is 5.75. The molecule has 19 heavy (non-hydrogen) atoms. The van der Waals surface area contributed by atoms with Crippen molar-refractivity contribution in [1.29, 1.82) is 0 Å². The third-order valence-corrected chi connectivity index (χ3v) is 4.64. The third-order valence-electron chi connectivity index (χ3n) is 2.85. The first-order valence-corrected chi connectivity index (χ1v) is 8.08. The maximum Gasteiger partial charge on any atom is 0.0900 e. The molecule has 0 aliphatic carbocycles. The van der Waals surface area contributed by atoms with E-state index in [0.29, 0.717) is 0 Å². The molecular formula is C12H13Br3N4. The zero-order valence-electron chi connectivity index (χ0n) is 10.2. The van der Waals surface area contributed by atoms with Crippen molar-refractivity contribution in [3.63, 3.8) is 0 Å². The van der Waals surface area contributed by atoms with Crippen LogP contribution in [0.3, 0.4) is 0 Å². The Bertz CT molecular complexity index is 582. The average molecular weight is 453 g/mol. The second-order valence-corrected chi connectivity index (χ2v) is 6.58. The van der Waals surface area contributed by atoms with Gasteiger partial charge in [-0.1, -0.05) is 37.9 Å². The van der Waals surface area contributed by atoms with Gasteiger partial charge in [0.2, 0.25) is 0 Å². The summed E-state index contributed by atoms with van der Waals surface area (Å²) >= 11 is 10.6. The molecule has 0 saturated heterocycles. The van der Waals surface area contributed by atoms with Gasteiger partial charge in [0.05, 0.1) is 22.4 Å². The fourth-order valence-electron chi connectivity index (χ4n) is 1.96. The van der Waals surface area contributed by atoms with E-state index in [1.165, 1.54) is 0 Å². The van der Waals surface area contributed by atoms with Gasteiger partial charge in [-0.2, -0.15) is 5.10 Å². The van der Waals surface area contributed by atoms with E-state index in [1.54, 1.807) is 6.20 Å². The molecule has 0 amide bonds. The van der Waals surface area contributed by atoms with E-state index >= 15 is 0 Å². The van der Waals surface area contributed by atoms with Crippen molar-refractivity contribution in [3.05, 3.63) is 49.1 Å². The lowest BCUT2D eigenvalue weighted by molar-refractivity contribution is 0.540. The number of aromatic nitrogens is 2. The largest absolute Gasteiger partial charge is 0.271 e. The molecule has 0 fully saturated rings. The van der Waals surface area contributed by atoms with Crippen LogP contribution < -0.4 is 11.3 Å². The molecule has 0 aliphatic rings. The van der Waals surface area contributed by atoms with Crippen LogP contribution in [0.4, 0.5) is 0 Å². The van der Waals surface area contributed by atoms with Gasteiger partial charge < -0.3 is 0 Å². The minimum atomic E-state index is -0.140. The molecule has 0 aliphatic heterocycles. The second-order valence-electron chi connectivity index (χ2n) is 3.96. The van der Waals surface area contributed by atoms with Crippen LogP contribution >= 0.6 is 47.8 Å². The number of halogens is 3. The van der Waals surface area contributed by atoms with Crippen LogP contribution in [-0.4, -0.2) is 9.78 Å². The van der Waals surface area contributed by atoms with Gasteiger partial charge in [0, 0.05) is 15.5 Å². The third kappa shape index (κ3) is 3.11. The number of nitrogens with one attached hydrogen (secondary N) is 1. The summed E-state index contributed by atoms with van der Waals surface area (Å²) in [4.78, 5) is 0. The van der Waals surface area contributed by atoms with Crippen LogP contribution in [0, 0.1) is 0 Å². The number of nitrogens with two attached hydrogens (primary N) is 1. The number of aryl methyl sites for hydroxylation is 1. The highest BCUT2D eigenvalue weighted by Crippen LogP contribution is 2.33. The number of benzene rings is 1. The summed E-state index contributed by atoms with van der Waals surface area (Å²) < 4.78 is 4.86. The molecule has 1 heterocycles. The number of hydrazine groups is 1. The molecule has 7 heteroatoms. The highest BCUT2D eigenvalue weighted by Gasteiger charge is 2.22. The summed E-state index contributed by atoms with van der Waals surface area (Å²) in [6, 6.07) is 5.88. The standard InChI is InChI=1S/C12H13Br3N4/c1-2-19-12(10(15)6-17-19)11(18-16)8-4-3-7(13)5-9(8)14/h3-6,11,18H,2,16H2,1H3. The molecule has 0 bridgehead atoms. The van der Waals surface area contributed by atoms with Gasteiger partial charge in [-0.25, -0.2) is 5.43 Å². The summed E-state index contributed by atoms with van der Waals surface area (Å²) in [6.07, 6.45) is 1.79. The topological polar surface area (TPSA) is 55.9 Å². The van der Waals surface area contributed by atoms with Gasteiger partial charge in [-0.15, -0.1) is 0 Å². The molecule has 4 nitrogen and oxygen atoms in total. The van der Waals surface area contributed by atoms with Crippen LogP contribution in [0.25, 0.3) is 0 Å². The zero-order chi connectivity index (χ0) is 14.0. The van der Waals surface area contributed by atoms with E-state index in [2.05, 4.69) is 58.3 Å². The van der Waals surface area contributed by atoms with Crippen LogP contribution in [0.15, 0.2) is 37.8 Å². The van der Waals surface area contributed by atoms with E-state index in [0.717, 1.165) is 31.2 Å². The molecular weight excluding hydrogens is 440 g/mol. The van der Waals surface area contributed by atoms with Crippen molar-refractivity contribution in [2.24, 2.45) is 5.84 Å². The maximum atomic E-state index is 5.75. The minimum Gasteiger partial charge on any atom is -0.271 e. The average Bonchev–Trinajstić information content (AvgIpc) is 2.74. The van der Waals surface area contributed by atoms with Crippen LogP contribution in [0.2, 0.25) is 0 Å². The molecule has 2 rings (SSSR count). The molecule has 1 aromatic heterocycles. The molecule has 3 N–H and O–H groups in total. The predicted molar refractivity (Wildman–Crippen MR) is 86.6 cm³/mol. The van der Waals surface area contributed by atoms with Crippen molar-refractivity contribution in [1.82, 2.24) is 15.2 Å². The Morgan fingerprint density at radius 2 is 2.05 bits per heavy atom. The Hall–Kier alpha value is -0.210. The smallest absolute Gasteiger partial charge is 0.0900 e. The number of rotatable bonds is 4. The molecule has 0 saturated carbocycles. The van der Waals surface area contributed by atoms with E-state index < -0.39 is 0 Å². The first kappa shape index (κ1) is 15.2. The first-order valence-electron chi connectivity index (χ1n) is 5.70. The first-order chi connectivity index (χ1) is 9.08. The fraction of sp³-hybridized carbons (Fsp3) is 0.250. The van der Waals surface area contributed by atoms with Crippen molar-refractivity contribution >= 4 is 47.8 Å². The lowest BCUT2D eigenvalue weighted by atomic mass is 10.0. The summed E-state index contributed by atoms with van der Waals surface area (Å²) in [6.45, 7) is 2.83. The van der Waals surface area contributed by atoms with E-state index in [4.69, 9.17) is 5.84 Å². The highest BCUT2D eigenvalue weighted by atomic mass is 79.9. The molecule has 1 atom stereocenters. The Morgan fingerprint density at radius 3 is 2.63 bits per heavy atom. The van der Waals surface area contributed by atoms with E-state index in [1.807, 2.05) is 29.8 Å². The Balaban J connectivity index is 2.52. The second kappa shape index (κ2) is 6.49. The Labute approximate surface area is 137 Å². The number of hydrogen-bond acceptors (Lipinski definition) is 3. The molecule has 1 aromatic carbocycles. The monoisotopic (exact) mass is 450 g/mol. The van der Waals surface area contributed by atoms with Crippen molar-refractivity contribution in [2.75, 3.05) is 0 Å². The van der Waals surface area contributed by atoms with Crippen molar-refractivity contribution in [3.8, 4) is 0 Å². The minimum absolute atomic E-state index is 0.140. The fourth-order valence-corrected chi connectivity index (χ4v) is 3.76. The number of hydrogen-bond donors (Lipinski definition) is 2. The predicted octanol–water partition coefficient (Wildman–Crippen LogP) is 3.74. The van der Waals surface area contributed by atoms with Crippen molar-refractivity contribution < 1.29 is 0 Å². The van der Waals surface area contributed by atoms with Crippen LogP contribution in [0.5, 0.6) is 0 Å². The summed E-state index contributed by atoms with van der Waals surface area (Å²) in [5.74, 6) is 5.75. The molecule has 0 spiro atoms. The Morgan fingerprint density at radius 1 is 1.32 bits per heavy atom. The van der Waals surface area contributed by atoms with Gasteiger partial charge in [0.15, 0.2) is 0 Å². The van der Waals surface area contributed by atoms with Crippen molar-refractivity contribution in [2.45, 2.75) is 19.5 Å². The SMILES string of the molecule is CCn1ncc(Br)c1C(NN)c1ccc(Br)cc1Br. The van der Waals surface area contributed by atoms with Gasteiger partial charge in [-0.3, -0.25) is 10.5 Å². The van der Waals surface area contributed by atoms with Gasteiger partial charge >= 0.3 is 0 Å². The van der Waals surface area contributed by atoms with E-state index in [-0.39, 0.29) is 6.04 Å². The normalized spacial score (nSPS) is 12.7. The summed E-state index contributed by atoms with van der Waals surface area (Å²) in [5.41, 5.74) is 4.92. The number of nitrogens with zero attached hydrogens (tertiary/aromatic N) is 2. The van der Waals surface area contributed by atoms with Gasteiger partial charge in [0.25, 0.3) is 0 Å². The lowest BCUT2D eigenvalue weighted by Gasteiger charge is -2.20. The highest BCUT2D eigenvalue weighted by molar-refractivity contribution is 9.11. The van der Waals surface area contributed by atoms with Gasteiger partial charge in [0.1, 0.15) is 0 Å². The molecule has 102 valence electrons. The molecule has 2 aromatic rings. The molecule has 0 radical (unpaired) electrons. The quantitative estimate of drug-likeness (QED) is 0.549. The van der Waals surface area contributed by atoms with E-state index in [9.17, 15) is 0 Å². The van der Waals surface area contributed by atoms with Gasteiger partial charge in [-0.05, 0) is 40.5 Å². The Kier molecular flexibility index (Phi) is 5.19. The summed E-state index contributed by atoms with van der Waals surface area (Å²) in [5, 5.41) is 4.33. The zero-order valence-corrected chi connectivity index (χ0v) is 15.0. The lowest BCUT2D eigenvalue weighted by Crippen LogP contribution is -2.31. The van der Waals surface area contributed by atoms with Crippen LogP contribution in [-0.2, 0) is 6.54 Å². The summed E-state index contributed by atoms with van der Waals surface area (Å²) in [7, 11) is 0. The molecule has 1 unspecified atom stereocenters. The van der Waals surface area contributed by atoms with Crippen LogP contribution in [0.1, 0.15) is 24.2 Å².